The largest absolute Gasteiger partial charge is 0.465 e. The maximum atomic E-state index is 11.4. The second kappa shape index (κ2) is 6.05. The van der Waals surface area contributed by atoms with E-state index in [4.69, 9.17) is 0 Å². The lowest BCUT2D eigenvalue weighted by Crippen LogP contribution is -2.34. The third-order valence-electron chi connectivity index (χ3n) is 3.13. The first kappa shape index (κ1) is 13.1. The van der Waals surface area contributed by atoms with Crippen molar-refractivity contribution in [2.24, 2.45) is 0 Å². The molecule has 0 bridgehead atoms. The highest BCUT2D eigenvalue weighted by molar-refractivity contribution is 5.66. The minimum Gasteiger partial charge on any atom is -0.465 e. The number of benzene rings is 2. The van der Waals surface area contributed by atoms with Crippen LogP contribution in [-0.2, 0) is 0 Å². The summed E-state index contributed by atoms with van der Waals surface area (Å²) < 4.78 is 0. The molecule has 1 amide bonds. The predicted octanol–water partition coefficient (Wildman–Crippen LogP) is 3.78. The molecule has 2 rings (SSSR count). The molecule has 19 heavy (non-hydrogen) atoms. The second-order valence-electron chi connectivity index (χ2n) is 4.29. The summed E-state index contributed by atoms with van der Waals surface area (Å²) in [5, 5.41) is 9.39. The van der Waals surface area contributed by atoms with E-state index in [9.17, 15) is 9.90 Å². The lowest BCUT2D eigenvalue weighted by molar-refractivity contribution is 0.135. The van der Waals surface area contributed by atoms with Gasteiger partial charge in [0.25, 0.3) is 0 Å². The standard InChI is InChI=1S/C16H17NO2/c1-2-17(16(18)19)15(13-9-5-3-6-10-13)14-11-7-4-8-12-14/h3-12,15H,2H2,1H3,(H,18,19). The summed E-state index contributed by atoms with van der Waals surface area (Å²) in [6.45, 7) is 2.30. The molecule has 0 saturated heterocycles. The van der Waals surface area contributed by atoms with E-state index in [0.717, 1.165) is 11.1 Å². The van der Waals surface area contributed by atoms with Crippen LogP contribution in [0.1, 0.15) is 24.1 Å². The average molecular weight is 255 g/mol. The van der Waals surface area contributed by atoms with Crippen molar-refractivity contribution in [2.75, 3.05) is 6.54 Å². The molecule has 0 aliphatic rings. The molecule has 0 aliphatic heterocycles. The summed E-state index contributed by atoms with van der Waals surface area (Å²) >= 11 is 0. The van der Waals surface area contributed by atoms with Gasteiger partial charge in [-0.25, -0.2) is 4.79 Å². The molecule has 98 valence electrons. The van der Waals surface area contributed by atoms with E-state index in [-0.39, 0.29) is 6.04 Å². The first-order valence-corrected chi connectivity index (χ1v) is 6.33. The molecule has 0 aromatic heterocycles. The second-order valence-corrected chi connectivity index (χ2v) is 4.29. The Labute approximate surface area is 113 Å². The van der Waals surface area contributed by atoms with E-state index in [0.29, 0.717) is 6.54 Å². The Balaban J connectivity index is 2.48. The van der Waals surface area contributed by atoms with Gasteiger partial charge < -0.3 is 5.11 Å². The van der Waals surface area contributed by atoms with Crippen molar-refractivity contribution in [3.05, 3.63) is 71.8 Å². The van der Waals surface area contributed by atoms with Gasteiger partial charge in [-0.2, -0.15) is 0 Å². The normalized spacial score (nSPS) is 10.4. The van der Waals surface area contributed by atoms with Crippen LogP contribution in [0.3, 0.4) is 0 Å². The summed E-state index contributed by atoms with van der Waals surface area (Å²) in [5.41, 5.74) is 1.97. The van der Waals surface area contributed by atoms with Crippen molar-refractivity contribution in [3.63, 3.8) is 0 Å². The fourth-order valence-electron chi connectivity index (χ4n) is 2.25. The number of hydrogen-bond acceptors (Lipinski definition) is 1. The van der Waals surface area contributed by atoms with Crippen LogP contribution in [0.25, 0.3) is 0 Å². The Morgan fingerprint density at radius 2 is 1.42 bits per heavy atom. The van der Waals surface area contributed by atoms with Gasteiger partial charge in [-0.05, 0) is 18.1 Å². The fourth-order valence-corrected chi connectivity index (χ4v) is 2.25. The highest BCUT2D eigenvalue weighted by Gasteiger charge is 2.24. The van der Waals surface area contributed by atoms with Gasteiger partial charge >= 0.3 is 6.09 Å². The molecular weight excluding hydrogens is 238 g/mol. The maximum Gasteiger partial charge on any atom is 0.408 e. The monoisotopic (exact) mass is 255 g/mol. The van der Waals surface area contributed by atoms with Crippen molar-refractivity contribution in [1.82, 2.24) is 4.90 Å². The van der Waals surface area contributed by atoms with E-state index < -0.39 is 6.09 Å². The zero-order valence-corrected chi connectivity index (χ0v) is 10.9. The van der Waals surface area contributed by atoms with Crippen LogP contribution in [0.5, 0.6) is 0 Å². The van der Waals surface area contributed by atoms with E-state index in [1.807, 2.05) is 67.6 Å². The smallest absolute Gasteiger partial charge is 0.408 e. The zero-order valence-electron chi connectivity index (χ0n) is 10.9. The third kappa shape index (κ3) is 2.94. The molecule has 0 radical (unpaired) electrons. The molecule has 3 heteroatoms. The van der Waals surface area contributed by atoms with Crippen molar-refractivity contribution >= 4 is 6.09 Å². The molecule has 0 aliphatic carbocycles. The van der Waals surface area contributed by atoms with Gasteiger partial charge in [-0.15, -0.1) is 0 Å². The van der Waals surface area contributed by atoms with Crippen LogP contribution in [0, 0.1) is 0 Å². The highest BCUT2D eigenvalue weighted by atomic mass is 16.4. The van der Waals surface area contributed by atoms with Crippen LogP contribution < -0.4 is 0 Å². The van der Waals surface area contributed by atoms with Crippen LogP contribution in [-0.4, -0.2) is 22.6 Å². The summed E-state index contributed by atoms with van der Waals surface area (Å²) in [6.07, 6.45) is -0.903. The third-order valence-corrected chi connectivity index (χ3v) is 3.13. The Morgan fingerprint density at radius 3 is 1.74 bits per heavy atom. The van der Waals surface area contributed by atoms with Crippen molar-refractivity contribution in [2.45, 2.75) is 13.0 Å². The minimum absolute atomic E-state index is 0.259. The van der Waals surface area contributed by atoms with Crippen LogP contribution in [0.15, 0.2) is 60.7 Å². The van der Waals surface area contributed by atoms with Gasteiger partial charge in [0.15, 0.2) is 0 Å². The van der Waals surface area contributed by atoms with Crippen molar-refractivity contribution < 1.29 is 9.90 Å². The molecule has 0 unspecified atom stereocenters. The molecule has 3 nitrogen and oxygen atoms in total. The summed E-state index contributed by atoms with van der Waals surface area (Å²) in [5.74, 6) is 0. The topological polar surface area (TPSA) is 40.5 Å². The van der Waals surface area contributed by atoms with Gasteiger partial charge in [0.2, 0.25) is 0 Å². The Hall–Kier alpha value is -2.29. The first-order chi connectivity index (χ1) is 9.24. The molecule has 0 fully saturated rings. The van der Waals surface area contributed by atoms with E-state index in [2.05, 4.69) is 0 Å². The van der Waals surface area contributed by atoms with Crippen LogP contribution in [0.4, 0.5) is 4.79 Å². The minimum atomic E-state index is -0.903. The van der Waals surface area contributed by atoms with E-state index in [1.165, 1.54) is 4.90 Å². The zero-order chi connectivity index (χ0) is 13.7. The molecule has 1 N–H and O–H groups in total. The van der Waals surface area contributed by atoms with Crippen molar-refractivity contribution in [1.29, 1.82) is 0 Å². The number of hydrogen-bond donors (Lipinski definition) is 1. The van der Waals surface area contributed by atoms with Gasteiger partial charge in [-0.1, -0.05) is 60.7 Å². The molecule has 0 heterocycles. The number of rotatable bonds is 4. The Bertz CT molecular complexity index is 485. The predicted molar refractivity (Wildman–Crippen MR) is 75.1 cm³/mol. The first-order valence-electron chi connectivity index (χ1n) is 6.33. The number of carboxylic acid groups (broad SMARTS) is 1. The molecule has 0 saturated carbocycles. The lowest BCUT2D eigenvalue weighted by Gasteiger charge is -2.29. The molecule has 0 atom stereocenters. The lowest BCUT2D eigenvalue weighted by atomic mass is 9.97. The summed E-state index contributed by atoms with van der Waals surface area (Å²) in [4.78, 5) is 12.9. The SMILES string of the molecule is CCN(C(=O)O)C(c1ccccc1)c1ccccc1. The molecular formula is C16H17NO2. The number of nitrogens with zero attached hydrogens (tertiary/aromatic N) is 1. The van der Waals surface area contributed by atoms with Gasteiger partial charge in [0.1, 0.15) is 0 Å². The quantitative estimate of drug-likeness (QED) is 0.903. The molecule has 2 aromatic carbocycles. The van der Waals surface area contributed by atoms with Crippen molar-refractivity contribution in [3.8, 4) is 0 Å². The maximum absolute atomic E-state index is 11.4. The highest BCUT2D eigenvalue weighted by Crippen LogP contribution is 2.28. The Kier molecular flexibility index (Phi) is 4.18. The number of amides is 1. The molecule has 2 aromatic rings. The Morgan fingerprint density at radius 1 is 1.00 bits per heavy atom. The van der Waals surface area contributed by atoms with E-state index in [1.54, 1.807) is 0 Å². The van der Waals surface area contributed by atoms with Crippen LogP contribution in [0.2, 0.25) is 0 Å². The van der Waals surface area contributed by atoms with E-state index >= 15 is 0 Å². The number of carbonyl (C=O) groups is 1. The van der Waals surface area contributed by atoms with Gasteiger partial charge in [0.05, 0.1) is 6.04 Å². The summed E-state index contributed by atoms with van der Waals surface area (Å²) in [6, 6.07) is 19.2. The van der Waals surface area contributed by atoms with Gasteiger partial charge in [0, 0.05) is 6.54 Å². The van der Waals surface area contributed by atoms with Crippen LogP contribution >= 0.6 is 0 Å². The molecule has 0 spiro atoms. The van der Waals surface area contributed by atoms with Gasteiger partial charge in [-0.3, -0.25) is 4.90 Å². The summed E-state index contributed by atoms with van der Waals surface area (Å²) in [7, 11) is 0. The fraction of sp³-hybridized carbons (Fsp3) is 0.188. The average Bonchev–Trinajstić information content (AvgIpc) is 2.46.